The lowest BCUT2D eigenvalue weighted by molar-refractivity contribution is 0.767. The summed E-state index contributed by atoms with van der Waals surface area (Å²) in [6.07, 6.45) is 3.36. The van der Waals surface area contributed by atoms with Gasteiger partial charge in [0.05, 0.1) is 6.21 Å². The van der Waals surface area contributed by atoms with Crippen LogP contribution in [0.4, 0.5) is 0 Å². The van der Waals surface area contributed by atoms with Crippen LogP contribution in [0.15, 0.2) is 65.1 Å². The molecule has 4 nitrogen and oxygen atoms in total. The minimum Gasteiger partial charge on any atom is -0.195 e. The molecule has 0 saturated heterocycles. The van der Waals surface area contributed by atoms with Crippen molar-refractivity contribution in [2.45, 2.75) is 17.8 Å². The molecule has 0 N–H and O–H groups in total. The van der Waals surface area contributed by atoms with E-state index >= 15 is 0 Å². The Bertz CT molecular complexity index is 794. The number of benzene rings is 2. The second-order valence-electron chi connectivity index (χ2n) is 5.03. The minimum atomic E-state index is 0.709. The molecule has 3 rings (SSSR count). The Labute approximate surface area is 144 Å². The van der Waals surface area contributed by atoms with E-state index in [0.29, 0.717) is 5.02 Å². The third kappa shape index (κ3) is 4.43. The fourth-order valence-corrected chi connectivity index (χ4v) is 2.85. The van der Waals surface area contributed by atoms with Crippen LogP contribution < -0.4 is 0 Å². The Morgan fingerprint density at radius 3 is 2.61 bits per heavy atom. The number of rotatable bonds is 5. The van der Waals surface area contributed by atoms with Gasteiger partial charge < -0.3 is 0 Å². The summed E-state index contributed by atoms with van der Waals surface area (Å²) in [4.78, 5) is 0. The van der Waals surface area contributed by atoms with Crippen molar-refractivity contribution in [1.82, 2.24) is 14.9 Å². The van der Waals surface area contributed by atoms with E-state index in [9.17, 15) is 0 Å². The van der Waals surface area contributed by atoms with Crippen molar-refractivity contribution in [2.24, 2.45) is 5.10 Å². The number of halogens is 1. The molecule has 1 heterocycles. The molecule has 0 aliphatic rings. The van der Waals surface area contributed by atoms with Crippen molar-refractivity contribution in [3.63, 3.8) is 0 Å². The molecule has 3 aromatic rings. The molecule has 23 heavy (non-hydrogen) atoms. The molecule has 0 unspecified atom stereocenters. The number of aryl methyl sites for hydroxylation is 1. The minimum absolute atomic E-state index is 0.709. The highest BCUT2D eigenvalue weighted by molar-refractivity contribution is 7.98. The zero-order valence-corrected chi connectivity index (χ0v) is 14.1. The quantitative estimate of drug-likeness (QED) is 0.509. The maximum Gasteiger partial charge on any atom is 0.212 e. The summed E-state index contributed by atoms with van der Waals surface area (Å²) in [6, 6.07) is 16.0. The van der Waals surface area contributed by atoms with Gasteiger partial charge in [-0.25, -0.2) is 0 Å². The monoisotopic (exact) mass is 342 g/mol. The van der Waals surface area contributed by atoms with Crippen molar-refractivity contribution >= 4 is 29.6 Å². The summed E-state index contributed by atoms with van der Waals surface area (Å²) in [5.41, 5.74) is 3.48. The normalized spacial score (nSPS) is 11.2. The van der Waals surface area contributed by atoms with Crippen LogP contribution in [0.5, 0.6) is 0 Å². The topological polar surface area (TPSA) is 43.1 Å². The molecule has 0 saturated carbocycles. The first-order chi connectivity index (χ1) is 11.2. The number of thioether (sulfide) groups is 1. The first kappa shape index (κ1) is 15.8. The zero-order chi connectivity index (χ0) is 16.1. The summed E-state index contributed by atoms with van der Waals surface area (Å²) < 4.78 is 1.67. The molecule has 0 spiro atoms. The van der Waals surface area contributed by atoms with Crippen molar-refractivity contribution in [3.8, 4) is 0 Å². The van der Waals surface area contributed by atoms with E-state index in [1.807, 2.05) is 24.3 Å². The van der Waals surface area contributed by atoms with Crippen molar-refractivity contribution in [1.29, 1.82) is 0 Å². The summed E-state index contributed by atoms with van der Waals surface area (Å²) in [5, 5.41) is 13.9. The van der Waals surface area contributed by atoms with Crippen LogP contribution in [0.1, 0.15) is 16.7 Å². The first-order valence-electron chi connectivity index (χ1n) is 7.09. The molecule has 0 fully saturated rings. The average Bonchev–Trinajstić information content (AvgIpc) is 3.01. The Kier molecular flexibility index (Phi) is 5.10. The van der Waals surface area contributed by atoms with Crippen LogP contribution >= 0.6 is 23.4 Å². The van der Waals surface area contributed by atoms with Crippen LogP contribution in [-0.4, -0.2) is 21.1 Å². The van der Waals surface area contributed by atoms with E-state index < -0.39 is 0 Å². The summed E-state index contributed by atoms with van der Waals surface area (Å²) >= 11 is 7.48. The van der Waals surface area contributed by atoms with Gasteiger partial charge in [0, 0.05) is 10.8 Å². The van der Waals surface area contributed by atoms with Gasteiger partial charge >= 0.3 is 0 Å². The van der Waals surface area contributed by atoms with E-state index in [0.717, 1.165) is 16.5 Å². The van der Waals surface area contributed by atoms with Gasteiger partial charge in [-0.3, -0.25) is 0 Å². The highest BCUT2D eigenvalue weighted by Gasteiger charge is 2.04. The molecule has 0 radical (unpaired) electrons. The Morgan fingerprint density at radius 1 is 1.13 bits per heavy atom. The third-order valence-electron chi connectivity index (χ3n) is 3.19. The second-order valence-corrected chi connectivity index (χ2v) is 6.41. The van der Waals surface area contributed by atoms with E-state index in [-0.39, 0.29) is 0 Å². The lowest BCUT2D eigenvalue weighted by atomic mass is 10.2. The molecule has 6 heteroatoms. The van der Waals surface area contributed by atoms with Crippen molar-refractivity contribution < 1.29 is 0 Å². The second kappa shape index (κ2) is 7.44. The van der Waals surface area contributed by atoms with Gasteiger partial charge in [0.2, 0.25) is 5.16 Å². The van der Waals surface area contributed by atoms with Gasteiger partial charge in [-0.05, 0) is 30.2 Å². The first-order valence-corrected chi connectivity index (χ1v) is 8.45. The third-order valence-corrected chi connectivity index (χ3v) is 4.45. The molecule has 0 amide bonds. The maximum atomic E-state index is 5.87. The van der Waals surface area contributed by atoms with Gasteiger partial charge in [-0.2, -0.15) is 9.78 Å². The molecular formula is C17H15ClN4S. The SMILES string of the molecule is Cc1ccc(CSc2nncn2/N=C\c2ccc(Cl)cc2)cc1. The molecular weight excluding hydrogens is 328 g/mol. The van der Waals surface area contributed by atoms with Gasteiger partial charge in [0.25, 0.3) is 0 Å². The van der Waals surface area contributed by atoms with Crippen LogP contribution in [-0.2, 0) is 5.75 Å². The van der Waals surface area contributed by atoms with Crippen LogP contribution in [0.25, 0.3) is 0 Å². The van der Waals surface area contributed by atoms with E-state index in [4.69, 9.17) is 11.6 Å². The highest BCUT2D eigenvalue weighted by atomic mass is 35.5. The number of aromatic nitrogens is 3. The largest absolute Gasteiger partial charge is 0.212 e. The predicted molar refractivity (Wildman–Crippen MR) is 95.2 cm³/mol. The number of hydrogen-bond acceptors (Lipinski definition) is 4. The molecule has 1 aromatic heterocycles. The Morgan fingerprint density at radius 2 is 1.87 bits per heavy atom. The summed E-state index contributed by atoms with van der Waals surface area (Å²) in [6.45, 7) is 2.08. The summed E-state index contributed by atoms with van der Waals surface area (Å²) in [7, 11) is 0. The average molecular weight is 343 g/mol. The van der Waals surface area contributed by atoms with Gasteiger partial charge in [0.1, 0.15) is 6.33 Å². The fraction of sp³-hybridized carbons (Fsp3) is 0.118. The van der Waals surface area contributed by atoms with Gasteiger partial charge in [-0.1, -0.05) is 65.3 Å². The smallest absolute Gasteiger partial charge is 0.195 e. The van der Waals surface area contributed by atoms with Gasteiger partial charge in [-0.15, -0.1) is 10.2 Å². The Balaban J connectivity index is 1.67. The van der Waals surface area contributed by atoms with E-state index in [1.54, 1.807) is 29.0 Å². The molecule has 0 bridgehead atoms. The maximum absolute atomic E-state index is 5.87. The predicted octanol–water partition coefficient (Wildman–Crippen LogP) is 4.41. The van der Waals surface area contributed by atoms with Crippen LogP contribution in [0.3, 0.4) is 0 Å². The van der Waals surface area contributed by atoms with Crippen LogP contribution in [0, 0.1) is 6.92 Å². The van der Waals surface area contributed by atoms with Gasteiger partial charge in [0.15, 0.2) is 0 Å². The summed E-state index contributed by atoms with van der Waals surface area (Å²) in [5.74, 6) is 0.829. The molecule has 0 aliphatic heterocycles. The Hall–Kier alpha value is -2.11. The highest BCUT2D eigenvalue weighted by Crippen LogP contribution is 2.20. The zero-order valence-electron chi connectivity index (χ0n) is 12.6. The van der Waals surface area contributed by atoms with Crippen molar-refractivity contribution in [2.75, 3.05) is 0 Å². The molecule has 0 atom stereocenters. The number of hydrogen-bond donors (Lipinski definition) is 0. The van der Waals surface area contributed by atoms with Crippen molar-refractivity contribution in [3.05, 3.63) is 76.6 Å². The van der Waals surface area contributed by atoms with E-state index in [1.165, 1.54) is 11.1 Å². The van der Waals surface area contributed by atoms with E-state index in [2.05, 4.69) is 46.5 Å². The standard InChI is InChI=1S/C17H15ClN4S/c1-13-2-4-15(5-3-13)11-23-17-21-19-12-22(17)20-10-14-6-8-16(18)9-7-14/h2-10,12H,11H2,1H3/b20-10-. The van der Waals surface area contributed by atoms with Crippen LogP contribution in [0.2, 0.25) is 5.02 Å². The lowest BCUT2D eigenvalue weighted by Crippen LogP contribution is -1.92. The number of nitrogens with zero attached hydrogens (tertiary/aromatic N) is 4. The fourth-order valence-electron chi connectivity index (χ4n) is 1.90. The molecule has 116 valence electrons. The molecule has 2 aromatic carbocycles. The molecule has 0 aliphatic carbocycles. The lowest BCUT2D eigenvalue weighted by Gasteiger charge is -2.02.